The van der Waals surface area contributed by atoms with E-state index < -0.39 is 10.0 Å². The molecule has 3 N–H and O–H groups in total. The smallest absolute Gasteiger partial charge is 0.261 e. The van der Waals surface area contributed by atoms with Gasteiger partial charge in [-0.15, -0.1) is 11.8 Å². The van der Waals surface area contributed by atoms with Crippen LogP contribution in [0.4, 0.5) is 11.4 Å². The van der Waals surface area contributed by atoms with Crippen LogP contribution in [0.5, 0.6) is 0 Å². The van der Waals surface area contributed by atoms with Gasteiger partial charge >= 0.3 is 0 Å². The first kappa shape index (κ1) is 21.8. The molecule has 0 spiro atoms. The predicted octanol–water partition coefficient (Wildman–Crippen LogP) is 3.31. The first-order valence-electron chi connectivity index (χ1n) is 8.64. The van der Waals surface area contributed by atoms with Crippen molar-refractivity contribution in [2.75, 3.05) is 22.8 Å². The van der Waals surface area contributed by atoms with E-state index in [0.717, 1.165) is 11.3 Å². The molecule has 0 atom stereocenters. The van der Waals surface area contributed by atoms with Gasteiger partial charge in [-0.2, -0.15) is 0 Å². The average molecular weight is 422 g/mol. The minimum Gasteiger partial charge on any atom is -0.352 e. The summed E-state index contributed by atoms with van der Waals surface area (Å²) in [6, 6.07) is 10.9. The first-order valence-corrected chi connectivity index (χ1v) is 11.3. The minimum absolute atomic E-state index is 0.0159. The minimum atomic E-state index is -3.96. The van der Waals surface area contributed by atoms with Gasteiger partial charge in [0.25, 0.3) is 15.9 Å². The van der Waals surface area contributed by atoms with E-state index in [2.05, 4.69) is 15.4 Å². The summed E-state index contributed by atoms with van der Waals surface area (Å²) in [6.07, 6.45) is 2.60. The van der Waals surface area contributed by atoms with Crippen LogP contribution in [0.3, 0.4) is 0 Å². The molecule has 0 aliphatic rings. The topological polar surface area (TPSA) is 104 Å². The van der Waals surface area contributed by atoms with Gasteiger partial charge in [0, 0.05) is 18.4 Å². The van der Waals surface area contributed by atoms with Crippen LogP contribution >= 0.6 is 11.8 Å². The Morgan fingerprint density at radius 1 is 1.07 bits per heavy atom. The summed E-state index contributed by atoms with van der Waals surface area (Å²) in [7, 11) is -3.96. The summed E-state index contributed by atoms with van der Waals surface area (Å²) < 4.78 is 28.2. The van der Waals surface area contributed by atoms with Gasteiger partial charge in [0.05, 0.1) is 21.8 Å². The Morgan fingerprint density at radius 2 is 1.79 bits per heavy atom. The van der Waals surface area contributed by atoms with Gasteiger partial charge < -0.3 is 10.6 Å². The van der Waals surface area contributed by atoms with Crippen molar-refractivity contribution in [2.45, 2.75) is 30.1 Å². The lowest BCUT2D eigenvalue weighted by atomic mass is 10.1. The highest BCUT2D eigenvalue weighted by atomic mass is 32.2. The molecule has 150 valence electrons. The lowest BCUT2D eigenvalue weighted by Gasteiger charge is -2.14. The Balaban J connectivity index is 2.37. The van der Waals surface area contributed by atoms with E-state index in [1.165, 1.54) is 36.9 Å². The monoisotopic (exact) mass is 421 g/mol. The number of sulfonamides is 1. The maximum absolute atomic E-state index is 12.9. The molecule has 0 saturated heterocycles. The van der Waals surface area contributed by atoms with E-state index in [4.69, 9.17) is 0 Å². The van der Waals surface area contributed by atoms with Gasteiger partial charge in [0.2, 0.25) is 5.91 Å². The van der Waals surface area contributed by atoms with Crippen molar-refractivity contribution in [2.24, 2.45) is 0 Å². The molecular weight excluding hydrogens is 398 g/mol. The van der Waals surface area contributed by atoms with E-state index in [0.29, 0.717) is 12.2 Å². The molecule has 0 fully saturated rings. The fourth-order valence-corrected chi connectivity index (χ4v) is 4.09. The van der Waals surface area contributed by atoms with Gasteiger partial charge in [-0.1, -0.05) is 19.1 Å². The summed E-state index contributed by atoms with van der Waals surface area (Å²) in [5, 5.41) is 5.37. The molecule has 0 aromatic heterocycles. The van der Waals surface area contributed by atoms with E-state index in [9.17, 15) is 18.0 Å². The largest absolute Gasteiger partial charge is 0.352 e. The second kappa shape index (κ2) is 9.61. The lowest BCUT2D eigenvalue weighted by Crippen LogP contribution is -2.25. The summed E-state index contributed by atoms with van der Waals surface area (Å²) in [5.74, 6) is -0.646. The lowest BCUT2D eigenvalue weighted by molar-refractivity contribution is -0.114. The zero-order valence-electron chi connectivity index (χ0n) is 15.9. The SMILES string of the molecule is CCCNC(=O)c1ccccc1NS(=O)(=O)c1ccc(SC)c(NC(C)=O)c1. The van der Waals surface area contributed by atoms with Crippen LogP contribution in [0, 0.1) is 0 Å². The number of hydrogen-bond acceptors (Lipinski definition) is 5. The van der Waals surface area contributed by atoms with Gasteiger partial charge in [-0.05, 0) is 43.0 Å². The zero-order chi connectivity index (χ0) is 20.7. The van der Waals surface area contributed by atoms with Gasteiger partial charge in [0.15, 0.2) is 0 Å². The standard InChI is InChI=1S/C19H23N3O4S2/c1-4-11-20-19(24)15-7-5-6-8-16(15)22-28(25,26)14-9-10-18(27-3)17(12-14)21-13(2)23/h5-10,12,22H,4,11H2,1-3H3,(H,20,24)(H,21,23). The number of thioether (sulfide) groups is 1. The van der Waals surface area contributed by atoms with Crippen molar-refractivity contribution in [1.29, 1.82) is 0 Å². The Hall–Kier alpha value is -2.52. The molecule has 0 aliphatic carbocycles. The third-order valence-corrected chi connectivity index (χ3v) is 5.90. The van der Waals surface area contributed by atoms with Crippen LogP contribution in [-0.4, -0.2) is 33.0 Å². The number of benzene rings is 2. The van der Waals surface area contributed by atoms with Crippen LogP contribution in [-0.2, 0) is 14.8 Å². The predicted molar refractivity (Wildman–Crippen MR) is 112 cm³/mol. The molecule has 7 nitrogen and oxygen atoms in total. The first-order chi connectivity index (χ1) is 13.3. The molecule has 2 rings (SSSR count). The number of carbonyl (C=O) groups is 2. The fraction of sp³-hybridized carbons (Fsp3) is 0.263. The molecule has 2 amide bonds. The van der Waals surface area contributed by atoms with E-state index in [1.807, 2.05) is 13.2 Å². The number of rotatable bonds is 8. The average Bonchev–Trinajstić information content (AvgIpc) is 2.65. The molecule has 0 heterocycles. The van der Waals surface area contributed by atoms with E-state index in [1.54, 1.807) is 24.3 Å². The van der Waals surface area contributed by atoms with E-state index in [-0.39, 0.29) is 28.0 Å². The van der Waals surface area contributed by atoms with Gasteiger partial charge in [-0.25, -0.2) is 8.42 Å². The number of nitrogens with one attached hydrogen (secondary N) is 3. The third-order valence-electron chi connectivity index (χ3n) is 3.74. The summed E-state index contributed by atoms with van der Waals surface area (Å²) in [4.78, 5) is 24.4. The van der Waals surface area contributed by atoms with Crippen LogP contribution in [0.25, 0.3) is 0 Å². The molecule has 9 heteroatoms. The van der Waals surface area contributed by atoms with Gasteiger partial charge in [0.1, 0.15) is 0 Å². The highest BCUT2D eigenvalue weighted by Gasteiger charge is 2.20. The highest BCUT2D eigenvalue weighted by molar-refractivity contribution is 7.98. The number of para-hydroxylation sites is 1. The van der Waals surface area contributed by atoms with Crippen molar-refractivity contribution in [3.63, 3.8) is 0 Å². The molecule has 2 aromatic rings. The molecule has 2 aromatic carbocycles. The van der Waals surface area contributed by atoms with Gasteiger partial charge in [-0.3, -0.25) is 14.3 Å². The second-order valence-electron chi connectivity index (χ2n) is 5.95. The molecule has 0 radical (unpaired) electrons. The maximum Gasteiger partial charge on any atom is 0.261 e. The zero-order valence-corrected chi connectivity index (χ0v) is 17.5. The Morgan fingerprint density at radius 3 is 2.43 bits per heavy atom. The maximum atomic E-state index is 12.9. The Labute approximate surface area is 169 Å². The van der Waals surface area contributed by atoms with Crippen molar-refractivity contribution >= 4 is 45.0 Å². The number of anilines is 2. The van der Waals surface area contributed by atoms with Crippen LogP contribution in [0.2, 0.25) is 0 Å². The van der Waals surface area contributed by atoms with E-state index >= 15 is 0 Å². The van der Waals surface area contributed by atoms with Crippen molar-refractivity contribution in [1.82, 2.24) is 5.32 Å². The van der Waals surface area contributed by atoms with Crippen molar-refractivity contribution in [3.8, 4) is 0 Å². The molecule has 28 heavy (non-hydrogen) atoms. The molecular formula is C19H23N3O4S2. The summed E-state index contributed by atoms with van der Waals surface area (Å²) in [5.41, 5.74) is 0.838. The van der Waals surface area contributed by atoms with Crippen molar-refractivity contribution < 1.29 is 18.0 Å². The Bertz CT molecular complexity index is 975. The third kappa shape index (κ3) is 5.49. The van der Waals surface area contributed by atoms with Crippen LogP contribution in [0.1, 0.15) is 30.6 Å². The normalized spacial score (nSPS) is 11.0. The Kier molecular flexibility index (Phi) is 7.47. The molecule has 0 saturated carbocycles. The van der Waals surface area contributed by atoms with Crippen LogP contribution < -0.4 is 15.4 Å². The molecule has 0 bridgehead atoms. The number of amides is 2. The highest BCUT2D eigenvalue weighted by Crippen LogP contribution is 2.29. The summed E-state index contributed by atoms with van der Waals surface area (Å²) >= 11 is 1.39. The number of hydrogen-bond donors (Lipinski definition) is 3. The molecule has 0 aliphatic heterocycles. The van der Waals surface area contributed by atoms with Crippen molar-refractivity contribution in [3.05, 3.63) is 48.0 Å². The molecule has 0 unspecified atom stereocenters. The number of carbonyl (C=O) groups excluding carboxylic acids is 2. The summed E-state index contributed by atoms with van der Waals surface area (Å²) in [6.45, 7) is 3.78. The fourth-order valence-electron chi connectivity index (χ4n) is 2.45. The quantitative estimate of drug-likeness (QED) is 0.567. The van der Waals surface area contributed by atoms with Crippen LogP contribution in [0.15, 0.2) is 52.3 Å². The second-order valence-corrected chi connectivity index (χ2v) is 8.48.